The minimum atomic E-state index is 0.568. The van der Waals surface area contributed by atoms with Crippen molar-refractivity contribution in [3.05, 3.63) is 36.0 Å². The van der Waals surface area contributed by atoms with Crippen LogP contribution >= 0.6 is 0 Å². The minimum absolute atomic E-state index is 0.568. The lowest BCUT2D eigenvalue weighted by Gasteiger charge is -2.07. The van der Waals surface area contributed by atoms with Gasteiger partial charge in [-0.2, -0.15) is 10.1 Å². The Morgan fingerprint density at radius 1 is 1.10 bits per heavy atom. The Kier molecular flexibility index (Phi) is 5.29. The molecule has 0 aliphatic heterocycles. The molecule has 106 valence electrons. The fourth-order valence-corrected chi connectivity index (χ4v) is 1.80. The average Bonchev–Trinajstić information content (AvgIpc) is 2.47. The molecule has 0 saturated carbocycles. The summed E-state index contributed by atoms with van der Waals surface area (Å²) in [5.74, 6) is 1.26. The van der Waals surface area contributed by atoms with Gasteiger partial charge in [-0.25, -0.2) is 0 Å². The van der Waals surface area contributed by atoms with Crippen molar-refractivity contribution < 1.29 is 0 Å². The van der Waals surface area contributed by atoms with Crippen LogP contribution in [0.2, 0.25) is 0 Å². The second-order valence-electron chi connectivity index (χ2n) is 4.79. The van der Waals surface area contributed by atoms with Crippen LogP contribution in [-0.2, 0) is 0 Å². The van der Waals surface area contributed by atoms with Crippen molar-refractivity contribution in [1.29, 1.82) is 0 Å². The lowest BCUT2D eigenvalue weighted by Crippen LogP contribution is -2.07. The van der Waals surface area contributed by atoms with Gasteiger partial charge in [0.15, 0.2) is 5.82 Å². The molecular weight excluding hydrogens is 250 g/mol. The fourth-order valence-electron chi connectivity index (χ4n) is 1.80. The maximum atomic E-state index is 4.39. The van der Waals surface area contributed by atoms with Crippen LogP contribution in [0, 0.1) is 6.92 Å². The Balaban J connectivity index is 1.93. The summed E-state index contributed by atoms with van der Waals surface area (Å²) in [6.07, 6.45) is 5.16. The van der Waals surface area contributed by atoms with Crippen LogP contribution in [-0.4, -0.2) is 21.7 Å². The lowest BCUT2D eigenvalue weighted by atomic mass is 10.2. The maximum absolute atomic E-state index is 4.39. The van der Waals surface area contributed by atoms with E-state index in [1.807, 2.05) is 12.1 Å². The van der Waals surface area contributed by atoms with Gasteiger partial charge in [0.1, 0.15) is 0 Å². The molecule has 1 heterocycles. The molecule has 0 spiro atoms. The van der Waals surface area contributed by atoms with Crippen LogP contribution in [0.25, 0.3) is 0 Å². The molecular formula is C15H21N5. The molecule has 1 aromatic heterocycles. The van der Waals surface area contributed by atoms with E-state index in [4.69, 9.17) is 0 Å². The Bertz CT molecular complexity index is 524. The summed E-state index contributed by atoms with van der Waals surface area (Å²) < 4.78 is 0. The molecule has 0 fully saturated rings. The van der Waals surface area contributed by atoms with E-state index in [9.17, 15) is 0 Å². The van der Waals surface area contributed by atoms with Crippen molar-refractivity contribution in [3.63, 3.8) is 0 Å². The normalized spacial score (nSPS) is 10.3. The van der Waals surface area contributed by atoms with Crippen molar-refractivity contribution in [1.82, 2.24) is 15.2 Å². The zero-order valence-electron chi connectivity index (χ0n) is 12.1. The highest BCUT2D eigenvalue weighted by Crippen LogP contribution is 2.14. The number of aromatic nitrogens is 3. The van der Waals surface area contributed by atoms with Crippen LogP contribution in [0.15, 0.2) is 30.5 Å². The third kappa shape index (κ3) is 4.50. The first kappa shape index (κ1) is 14.2. The number of aryl methyl sites for hydroxylation is 1. The number of nitrogens with zero attached hydrogens (tertiary/aromatic N) is 3. The molecule has 2 rings (SSSR count). The SMILES string of the molecule is CCCCCNc1nncc(Nc2ccc(C)cc2)n1. The average molecular weight is 271 g/mol. The highest BCUT2D eigenvalue weighted by molar-refractivity contribution is 5.56. The predicted molar refractivity (Wildman–Crippen MR) is 82.3 cm³/mol. The molecule has 0 unspecified atom stereocenters. The van der Waals surface area contributed by atoms with Gasteiger partial charge in [0.25, 0.3) is 0 Å². The second-order valence-corrected chi connectivity index (χ2v) is 4.79. The quantitative estimate of drug-likeness (QED) is 0.754. The van der Waals surface area contributed by atoms with Gasteiger partial charge in [-0.1, -0.05) is 37.5 Å². The molecule has 5 heteroatoms. The largest absolute Gasteiger partial charge is 0.353 e. The van der Waals surface area contributed by atoms with Crippen LogP contribution in [0.1, 0.15) is 31.7 Å². The summed E-state index contributed by atoms with van der Waals surface area (Å²) in [5, 5.41) is 14.3. The Morgan fingerprint density at radius 3 is 2.65 bits per heavy atom. The summed E-state index contributed by atoms with van der Waals surface area (Å²) in [5.41, 5.74) is 2.22. The molecule has 2 aromatic rings. The summed E-state index contributed by atoms with van der Waals surface area (Å²) in [6, 6.07) is 8.15. The predicted octanol–water partition coefficient (Wildman–Crippen LogP) is 3.53. The topological polar surface area (TPSA) is 62.7 Å². The lowest BCUT2D eigenvalue weighted by molar-refractivity contribution is 0.738. The van der Waals surface area contributed by atoms with E-state index in [2.05, 4.69) is 51.8 Å². The molecule has 0 saturated heterocycles. The molecule has 0 amide bonds. The van der Waals surface area contributed by atoms with E-state index in [0.29, 0.717) is 11.8 Å². The summed E-state index contributed by atoms with van der Waals surface area (Å²) in [4.78, 5) is 4.39. The van der Waals surface area contributed by atoms with E-state index in [1.54, 1.807) is 6.20 Å². The highest BCUT2D eigenvalue weighted by Gasteiger charge is 2.00. The standard InChI is InChI=1S/C15H21N5/c1-3-4-5-10-16-15-19-14(11-17-20-15)18-13-8-6-12(2)7-9-13/h6-9,11H,3-5,10H2,1-2H3,(H2,16,18,19,20). The van der Waals surface area contributed by atoms with E-state index in [1.165, 1.54) is 18.4 Å². The van der Waals surface area contributed by atoms with Crippen LogP contribution in [0.5, 0.6) is 0 Å². The Morgan fingerprint density at radius 2 is 1.90 bits per heavy atom. The van der Waals surface area contributed by atoms with Gasteiger partial charge in [-0.3, -0.25) is 0 Å². The van der Waals surface area contributed by atoms with Crippen molar-refractivity contribution in [2.75, 3.05) is 17.2 Å². The van der Waals surface area contributed by atoms with Gasteiger partial charge in [0.05, 0.1) is 6.20 Å². The number of unbranched alkanes of at least 4 members (excludes halogenated alkanes) is 2. The maximum Gasteiger partial charge on any atom is 0.244 e. The van der Waals surface area contributed by atoms with Gasteiger partial charge in [0, 0.05) is 12.2 Å². The molecule has 0 atom stereocenters. The van der Waals surface area contributed by atoms with Gasteiger partial charge < -0.3 is 10.6 Å². The smallest absolute Gasteiger partial charge is 0.244 e. The van der Waals surface area contributed by atoms with Crippen LogP contribution in [0.3, 0.4) is 0 Å². The first-order chi connectivity index (χ1) is 9.78. The first-order valence-corrected chi connectivity index (χ1v) is 7.05. The third-order valence-electron chi connectivity index (χ3n) is 2.95. The number of benzene rings is 1. The van der Waals surface area contributed by atoms with Gasteiger partial charge in [-0.05, 0) is 25.5 Å². The molecule has 0 radical (unpaired) electrons. The van der Waals surface area contributed by atoms with E-state index < -0.39 is 0 Å². The Hall–Kier alpha value is -2.17. The molecule has 20 heavy (non-hydrogen) atoms. The zero-order chi connectivity index (χ0) is 14.2. The van der Waals surface area contributed by atoms with E-state index >= 15 is 0 Å². The second kappa shape index (κ2) is 7.43. The van der Waals surface area contributed by atoms with Crippen LogP contribution in [0.4, 0.5) is 17.5 Å². The number of hydrogen-bond acceptors (Lipinski definition) is 5. The van der Waals surface area contributed by atoms with Gasteiger partial charge >= 0.3 is 0 Å². The third-order valence-corrected chi connectivity index (χ3v) is 2.95. The molecule has 2 N–H and O–H groups in total. The number of hydrogen-bond donors (Lipinski definition) is 2. The highest BCUT2D eigenvalue weighted by atomic mass is 15.3. The monoisotopic (exact) mass is 271 g/mol. The van der Waals surface area contributed by atoms with Crippen LogP contribution < -0.4 is 10.6 Å². The molecule has 0 aliphatic rings. The van der Waals surface area contributed by atoms with E-state index in [-0.39, 0.29) is 0 Å². The van der Waals surface area contributed by atoms with Gasteiger partial charge in [0.2, 0.25) is 5.95 Å². The Labute approximate surface area is 119 Å². The molecule has 0 aliphatic carbocycles. The first-order valence-electron chi connectivity index (χ1n) is 7.05. The fraction of sp³-hybridized carbons (Fsp3) is 0.400. The summed E-state index contributed by atoms with van der Waals surface area (Å²) in [6.45, 7) is 5.13. The van der Waals surface area contributed by atoms with Crippen molar-refractivity contribution in [2.45, 2.75) is 33.1 Å². The number of anilines is 3. The van der Waals surface area contributed by atoms with Crippen molar-refractivity contribution >= 4 is 17.5 Å². The van der Waals surface area contributed by atoms with Gasteiger partial charge in [-0.15, -0.1) is 5.10 Å². The number of rotatable bonds is 7. The molecule has 0 bridgehead atoms. The zero-order valence-corrected chi connectivity index (χ0v) is 12.1. The van der Waals surface area contributed by atoms with Crippen molar-refractivity contribution in [2.24, 2.45) is 0 Å². The summed E-state index contributed by atoms with van der Waals surface area (Å²) in [7, 11) is 0. The number of nitrogens with one attached hydrogen (secondary N) is 2. The molecule has 5 nitrogen and oxygen atoms in total. The van der Waals surface area contributed by atoms with E-state index in [0.717, 1.165) is 18.7 Å². The summed E-state index contributed by atoms with van der Waals surface area (Å²) >= 11 is 0. The van der Waals surface area contributed by atoms with Crippen molar-refractivity contribution in [3.8, 4) is 0 Å². The molecule has 1 aromatic carbocycles. The minimum Gasteiger partial charge on any atom is -0.353 e.